The summed E-state index contributed by atoms with van der Waals surface area (Å²) in [6.45, 7) is 0. The summed E-state index contributed by atoms with van der Waals surface area (Å²) in [5.74, 6) is 2.45. The third-order valence-electron chi connectivity index (χ3n) is 3.74. The zero-order valence-corrected chi connectivity index (χ0v) is 10.6. The molecule has 2 rings (SSSR count). The maximum Gasteiger partial charge on any atom is 0.222 e. The predicted molar refractivity (Wildman–Crippen MR) is 68.4 cm³/mol. The summed E-state index contributed by atoms with van der Waals surface area (Å²) in [6, 6.07) is 0.943. The van der Waals surface area contributed by atoms with Gasteiger partial charge in [-0.1, -0.05) is 12.8 Å². The normalized spacial score (nSPS) is 35.9. The van der Waals surface area contributed by atoms with Crippen molar-refractivity contribution >= 4 is 17.7 Å². The topological polar surface area (TPSA) is 55.1 Å². The fourth-order valence-electron chi connectivity index (χ4n) is 2.85. The molecule has 1 aliphatic carbocycles. The molecular formula is C12H22N2OS. The van der Waals surface area contributed by atoms with Gasteiger partial charge in [0.05, 0.1) is 5.92 Å². The standard InChI is InChI=1S/C12H22N2OS/c13-12(15)10-5-1-2-6-11(10)14-9-4-3-7-16-8-9/h9-11,14H,1-8H2,(H2,13,15). The number of amides is 1. The summed E-state index contributed by atoms with van der Waals surface area (Å²) in [4.78, 5) is 11.4. The van der Waals surface area contributed by atoms with Crippen LogP contribution < -0.4 is 11.1 Å². The number of carbonyl (C=O) groups excluding carboxylic acids is 1. The summed E-state index contributed by atoms with van der Waals surface area (Å²) in [6.07, 6.45) is 7.05. The van der Waals surface area contributed by atoms with Crippen molar-refractivity contribution in [3.8, 4) is 0 Å². The Labute approximate surface area is 102 Å². The van der Waals surface area contributed by atoms with Crippen molar-refractivity contribution in [2.24, 2.45) is 11.7 Å². The van der Waals surface area contributed by atoms with Crippen LogP contribution in [0.15, 0.2) is 0 Å². The van der Waals surface area contributed by atoms with Gasteiger partial charge in [-0.25, -0.2) is 0 Å². The second kappa shape index (κ2) is 5.92. The molecule has 3 nitrogen and oxygen atoms in total. The van der Waals surface area contributed by atoms with Gasteiger partial charge in [-0.2, -0.15) is 11.8 Å². The van der Waals surface area contributed by atoms with E-state index >= 15 is 0 Å². The molecule has 3 unspecified atom stereocenters. The van der Waals surface area contributed by atoms with Gasteiger partial charge >= 0.3 is 0 Å². The van der Waals surface area contributed by atoms with E-state index in [2.05, 4.69) is 5.32 Å². The fraction of sp³-hybridized carbons (Fsp3) is 0.917. The zero-order valence-electron chi connectivity index (χ0n) is 9.78. The van der Waals surface area contributed by atoms with Gasteiger partial charge in [0.25, 0.3) is 0 Å². The number of rotatable bonds is 3. The zero-order chi connectivity index (χ0) is 11.4. The smallest absolute Gasteiger partial charge is 0.222 e. The summed E-state index contributed by atoms with van der Waals surface area (Å²) in [7, 11) is 0. The van der Waals surface area contributed by atoms with Crippen molar-refractivity contribution in [3.63, 3.8) is 0 Å². The van der Waals surface area contributed by atoms with Crippen LogP contribution in [-0.2, 0) is 4.79 Å². The Balaban J connectivity index is 1.87. The summed E-state index contributed by atoms with van der Waals surface area (Å²) in [5, 5.41) is 3.67. The van der Waals surface area contributed by atoms with Gasteiger partial charge in [0.1, 0.15) is 0 Å². The molecule has 1 aliphatic heterocycles. The van der Waals surface area contributed by atoms with E-state index < -0.39 is 0 Å². The molecule has 0 aromatic carbocycles. The fourth-order valence-corrected chi connectivity index (χ4v) is 3.93. The third-order valence-corrected chi connectivity index (χ3v) is 4.96. The van der Waals surface area contributed by atoms with Crippen LogP contribution >= 0.6 is 11.8 Å². The highest BCUT2D eigenvalue weighted by molar-refractivity contribution is 7.99. The quantitative estimate of drug-likeness (QED) is 0.789. The molecule has 1 saturated heterocycles. The lowest BCUT2D eigenvalue weighted by Gasteiger charge is -2.34. The Morgan fingerprint density at radius 3 is 2.69 bits per heavy atom. The van der Waals surface area contributed by atoms with E-state index in [4.69, 9.17) is 5.73 Å². The second-order valence-electron chi connectivity index (χ2n) is 4.98. The first-order chi connectivity index (χ1) is 7.77. The minimum Gasteiger partial charge on any atom is -0.369 e. The maximum atomic E-state index is 11.4. The van der Waals surface area contributed by atoms with Gasteiger partial charge in [-0.3, -0.25) is 4.79 Å². The summed E-state index contributed by atoms with van der Waals surface area (Å²) >= 11 is 2.02. The molecule has 1 amide bonds. The van der Waals surface area contributed by atoms with Crippen LogP contribution in [0, 0.1) is 5.92 Å². The van der Waals surface area contributed by atoms with Crippen molar-refractivity contribution in [3.05, 3.63) is 0 Å². The van der Waals surface area contributed by atoms with Crippen molar-refractivity contribution in [1.82, 2.24) is 5.32 Å². The molecule has 92 valence electrons. The van der Waals surface area contributed by atoms with Gasteiger partial charge in [0.15, 0.2) is 0 Å². The molecular weight excluding hydrogens is 220 g/mol. The average Bonchev–Trinajstić information content (AvgIpc) is 2.31. The molecule has 0 spiro atoms. The highest BCUT2D eigenvalue weighted by atomic mass is 32.2. The monoisotopic (exact) mass is 242 g/mol. The largest absolute Gasteiger partial charge is 0.369 e. The number of hydrogen-bond donors (Lipinski definition) is 2. The first-order valence-corrected chi connectivity index (χ1v) is 7.56. The van der Waals surface area contributed by atoms with E-state index in [9.17, 15) is 4.79 Å². The number of thioether (sulfide) groups is 1. The van der Waals surface area contributed by atoms with E-state index in [1.807, 2.05) is 11.8 Å². The Bertz CT molecular complexity index is 241. The van der Waals surface area contributed by atoms with Gasteiger partial charge in [0, 0.05) is 17.8 Å². The van der Waals surface area contributed by atoms with E-state index in [1.54, 1.807) is 0 Å². The van der Waals surface area contributed by atoms with E-state index in [-0.39, 0.29) is 11.8 Å². The third kappa shape index (κ3) is 3.14. The number of nitrogens with two attached hydrogens (primary N) is 1. The molecule has 0 radical (unpaired) electrons. The van der Waals surface area contributed by atoms with Gasteiger partial charge in [-0.05, 0) is 31.4 Å². The van der Waals surface area contributed by atoms with Gasteiger partial charge < -0.3 is 11.1 Å². The summed E-state index contributed by atoms with van der Waals surface area (Å²) in [5.41, 5.74) is 5.48. The second-order valence-corrected chi connectivity index (χ2v) is 6.13. The molecule has 0 bridgehead atoms. The minimum absolute atomic E-state index is 0.0701. The van der Waals surface area contributed by atoms with Crippen molar-refractivity contribution in [1.29, 1.82) is 0 Å². The minimum atomic E-state index is -0.110. The first kappa shape index (κ1) is 12.2. The highest BCUT2D eigenvalue weighted by Crippen LogP contribution is 2.26. The Morgan fingerprint density at radius 1 is 1.19 bits per heavy atom. The summed E-state index contributed by atoms with van der Waals surface area (Å²) < 4.78 is 0. The van der Waals surface area contributed by atoms with Gasteiger partial charge in [0.2, 0.25) is 5.91 Å². The number of carbonyl (C=O) groups is 1. The highest BCUT2D eigenvalue weighted by Gasteiger charge is 2.31. The first-order valence-electron chi connectivity index (χ1n) is 6.40. The van der Waals surface area contributed by atoms with Crippen LogP contribution in [0.4, 0.5) is 0 Å². The molecule has 1 saturated carbocycles. The van der Waals surface area contributed by atoms with Crippen LogP contribution in [0.2, 0.25) is 0 Å². The number of nitrogens with one attached hydrogen (secondary N) is 1. The van der Waals surface area contributed by atoms with E-state index in [1.165, 1.54) is 30.8 Å². The molecule has 16 heavy (non-hydrogen) atoms. The van der Waals surface area contributed by atoms with Crippen LogP contribution in [-0.4, -0.2) is 29.5 Å². The number of hydrogen-bond acceptors (Lipinski definition) is 3. The van der Waals surface area contributed by atoms with Crippen LogP contribution in [0.1, 0.15) is 38.5 Å². The van der Waals surface area contributed by atoms with Crippen molar-refractivity contribution in [2.45, 2.75) is 50.6 Å². The lowest BCUT2D eigenvalue weighted by atomic mass is 9.83. The molecule has 4 heteroatoms. The SMILES string of the molecule is NC(=O)C1CCCCC1NC1CCCSC1. The lowest BCUT2D eigenvalue weighted by molar-refractivity contribution is -0.123. The van der Waals surface area contributed by atoms with E-state index in [0.717, 1.165) is 19.3 Å². The average molecular weight is 242 g/mol. The Kier molecular flexibility index (Phi) is 4.53. The number of primary amides is 1. The maximum absolute atomic E-state index is 11.4. The van der Waals surface area contributed by atoms with Gasteiger partial charge in [-0.15, -0.1) is 0 Å². The molecule has 1 heterocycles. The molecule has 2 aliphatic rings. The van der Waals surface area contributed by atoms with Crippen molar-refractivity contribution in [2.75, 3.05) is 11.5 Å². The predicted octanol–water partition coefficient (Wildman–Crippen LogP) is 1.52. The molecule has 0 aromatic heterocycles. The van der Waals surface area contributed by atoms with Crippen molar-refractivity contribution < 1.29 is 4.79 Å². The molecule has 3 atom stereocenters. The Hall–Kier alpha value is -0.220. The van der Waals surface area contributed by atoms with E-state index in [0.29, 0.717) is 12.1 Å². The van der Waals surface area contributed by atoms with Crippen LogP contribution in [0.5, 0.6) is 0 Å². The van der Waals surface area contributed by atoms with Crippen LogP contribution in [0.3, 0.4) is 0 Å². The van der Waals surface area contributed by atoms with Crippen LogP contribution in [0.25, 0.3) is 0 Å². The molecule has 0 aromatic rings. The lowest BCUT2D eigenvalue weighted by Crippen LogP contribution is -2.50. The Morgan fingerprint density at radius 2 is 2.00 bits per heavy atom. The molecule has 3 N–H and O–H groups in total. The molecule has 2 fully saturated rings.